The van der Waals surface area contributed by atoms with Gasteiger partial charge in [0, 0.05) is 6.54 Å². The summed E-state index contributed by atoms with van der Waals surface area (Å²) < 4.78 is 1.19. The van der Waals surface area contributed by atoms with Crippen molar-refractivity contribution in [3.8, 4) is 0 Å². The van der Waals surface area contributed by atoms with Crippen LogP contribution < -0.4 is 11.3 Å². The Hall–Kier alpha value is -1.59. The van der Waals surface area contributed by atoms with Crippen LogP contribution in [-0.4, -0.2) is 20.9 Å². The van der Waals surface area contributed by atoms with E-state index in [0.29, 0.717) is 6.54 Å². The number of aromatic amines is 1. The molecule has 6 heteroatoms. The predicted molar refractivity (Wildman–Crippen MR) is 37.0 cm³/mol. The van der Waals surface area contributed by atoms with Crippen LogP contribution in [0.4, 0.5) is 0 Å². The Morgan fingerprint density at radius 3 is 2.73 bits per heavy atom. The number of carbonyl (C=O) groups is 1. The van der Waals surface area contributed by atoms with Gasteiger partial charge >= 0.3 is 0 Å². The molecule has 0 fully saturated rings. The largest absolute Gasteiger partial charge is 0.364 e. The molecule has 0 radical (unpaired) electrons. The lowest BCUT2D eigenvalue weighted by Crippen LogP contribution is -2.24. The maximum Gasteiger partial charge on any atom is 0.299 e. The second-order valence-electron chi connectivity index (χ2n) is 1.97. The minimum Gasteiger partial charge on any atom is -0.364 e. The fraction of sp³-hybridized carbons (Fsp3) is 0.400. The number of aryl methyl sites for hydroxylation is 1. The zero-order valence-corrected chi connectivity index (χ0v) is 6.00. The summed E-state index contributed by atoms with van der Waals surface area (Å²) in [4.78, 5) is 21.5. The molecule has 1 amide bonds. The number of aromatic nitrogens is 3. The fourth-order valence-corrected chi connectivity index (χ4v) is 0.706. The molecule has 0 saturated heterocycles. The lowest BCUT2D eigenvalue weighted by Gasteiger charge is -1.88. The molecular formula is C5H8N4O2. The fourth-order valence-electron chi connectivity index (χ4n) is 0.706. The minimum atomic E-state index is -0.807. The molecule has 0 atom stereocenters. The maximum absolute atomic E-state index is 11.0. The molecule has 1 aromatic rings. The smallest absolute Gasteiger partial charge is 0.299 e. The molecule has 0 unspecified atom stereocenters. The van der Waals surface area contributed by atoms with E-state index in [1.807, 2.05) is 0 Å². The number of nitrogens with two attached hydrogens (primary N) is 1. The Morgan fingerprint density at radius 2 is 2.45 bits per heavy atom. The normalized spacial score (nSPS) is 9.91. The van der Waals surface area contributed by atoms with Gasteiger partial charge in [-0.05, 0) is 6.92 Å². The molecule has 0 aliphatic rings. The van der Waals surface area contributed by atoms with Crippen molar-refractivity contribution in [2.24, 2.45) is 5.73 Å². The van der Waals surface area contributed by atoms with E-state index in [1.165, 1.54) is 4.68 Å². The molecule has 0 bridgehead atoms. The lowest BCUT2D eigenvalue weighted by molar-refractivity contribution is 0.0994. The first-order valence-corrected chi connectivity index (χ1v) is 3.11. The Labute approximate surface area is 62.0 Å². The highest BCUT2D eigenvalue weighted by Crippen LogP contribution is 1.80. The molecule has 1 rings (SSSR count). The molecule has 0 aromatic carbocycles. The quantitative estimate of drug-likeness (QED) is 0.556. The molecule has 0 aliphatic carbocycles. The zero-order chi connectivity index (χ0) is 8.43. The third kappa shape index (κ3) is 1.14. The average Bonchev–Trinajstić information content (AvgIpc) is 2.30. The summed E-state index contributed by atoms with van der Waals surface area (Å²) >= 11 is 0. The molecule has 3 N–H and O–H groups in total. The second-order valence-corrected chi connectivity index (χ2v) is 1.97. The van der Waals surface area contributed by atoms with Crippen LogP contribution in [0.3, 0.4) is 0 Å². The Morgan fingerprint density at radius 1 is 1.82 bits per heavy atom. The van der Waals surface area contributed by atoms with E-state index in [0.717, 1.165) is 0 Å². The minimum absolute atomic E-state index is 0.244. The SMILES string of the molecule is CCn1[nH]nc(C(N)=O)c1=O. The summed E-state index contributed by atoms with van der Waals surface area (Å²) in [5, 5.41) is 5.80. The average molecular weight is 156 g/mol. The van der Waals surface area contributed by atoms with Crippen LogP contribution in [0.1, 0.15) is 17.4 Å². The highest BCUT2D eigenvalue weighted by molar-refractivity contribution is 5.90. The molecular weight excluding hydrogens is 148 g/mol. The van der Waals surface area contributed by atoms with Gasteiger partial charge in [0.15, 0.2) is 0 Å². The van der Waals surface area contributed by atoms with E-state index in [2.05, 4.69) is 10.3 Å². The molecule has 60 valence electrons. The van der Waals surface area contributed by atoms with E-state index in [-0.39, 0.29) is 5.69 Å². The van der Waals surface area contributed by atoms with Gasteiger partial charge < -0.3 is 5.73 Å². The lowest BCUT2D eigenvalue weighted by atomic mass is 10.4. The van der Waals surface area contributed by atoms with E-state index < -0.39 is 11.5 Å². The number of carbonyl (C=O) groups excluding carboxylic acids is 1. The summed E-state index contributed by atoms with van der Waals surface area (Å²) in [6, 6.07) is 0. The molecule has 1 heterocycles. The first-order valence-electron chi connectivity index (χ1n) is 3.11. The number of hydrogen-bond donors (Lipinski definition) is 2. The van der Waals surface area contributed by atoms with Crippen LogP contribution in [0.5, 0.6) is 0 Å². The number of primary amides is 1. The van der Waals surface area contributed by atoms with Crippen molar-refractivity contribution >= 4 is 5.91 Å². The second kappa shape index (κ2) is 2.57. The molecule has 1 aromatic heterocycles. The van der Waals surface area contributed by atoms with E-state index in [4.69, 9.17) is 5.73 Å². The zero-order valence-electron chi connectivity index (χ0n) is 6.00. The van der Waals surface area contributed by atoms with Gasteiger partial charge in [-0.1, -0.05) is 0 Å². The van der Waals surface area contributed by atoms with Crippen LogP contribution in [0.2, 0.25) is 0 Å². The van der Waals surface area contributed by atoms with E-state index >= 15 is 0 Å². The molecule has 0 saturated carbocycles. The van der Waals surface area contributed by atoms with Crippen LogP contribution in [0, 0.1) is 0 Å². The van der Waals surface area contributed by atoms with Crippen molar-refractivity contribution in [2.45, 2.75) is 13.5 Å². The molecule has 0 aliphatic heterocycles. The van der Waals surface area contributed by atoms with Crippen LogP contribution in [-0.2, 0) is 6.54 Å². The third-order valence-corrected chi connectivity index (χ3v) is 1.28. The van der Waals surface area contributed by atoms with Crippen molar-refractivity contribution < 1.29 is 4.79 Å². The highest BCUT2D eigenvalue weighted by Gasteiger charge is 2.11. The predicted octanol–water partition coefficient (Wildman–Crippen LogP) is -1.31. The summed E-state index contributed by atoms with van der Waals surface area (Å²) in [5.41, 5.74) is 4.13. The van der Waals surface area contributed by atoms with Crippen molar-refractivity contribution in [2.75, 3.05) is 0 Å². The monoisotopic (exact) mass is 156 g/mol. The summed E-state index contributed by atoms with van der Waals surface area (Å²) in [5.74, 6) is -0.807. The number of rotatable bonds is 2. The van der Waals surface area contributed by atoms with E-state index in [9.17, 15) is 9.59 Å². The van der Waals surface area contributed by atoms with Crippen molar-refractivity contribution in [3.63, 3.8) is 0 Å². The van der Waals surface area contributed by atoms with Crippen LogP contribution >= 0.6 is 0 Å². The van der Waals surface area contributed by atoms with Crippen LogP contribution in [0.25, 0.3) is 0 Å². The summed E-state index contributed by atoms with van der Waals surface area (Å²) in [7, 11) is 0. The number of amides is 1. The number of hydrogen-bond acceptors (Lipinski definition) is 3. The highest BCUT2D eigenvalue weighted by atomic mass is 16.2. The van der Waals surface area contributed by atoms with Gasteiger partial charge in [-0.3, -0.25) is 9.59 Å². The molecule has 11 heavy (non-hydrogen) atoms. The van der Waals surface area contributed by atoms with Gasteiger partial charge in [-0.2, -0.15) is 0 Å². The summed E-state index contributed by atoms with van der Waals surface area (Å²) in [6.07, 6.45) is 0. The van der Waals surface area contributed by atoms with Gasteiger partial charge in [0.2, 0.25) is 5.69 Å². The molecule has 0 spiro atoms. The first-order chi connectivity index (χ1) is 5.16. The maximum atomic E-state index is 11.0. The Balaban J connectivity index is 3.22. The number of H-pyrrole nitrogens is 1. The third-order valence-electron chi connectivity index (χ3n) is 1.28. The van der Waals surface area contributed by atoms with Gasteiger partial charge in [0.1, 0.15) is 0 Å². The van der Waals surface area contributed by atoms with Gasteiger partial charge in [-0.25, -0.2) is 9.90 Å². The van der Waals surface area contributed by atoms with E-state index in [1.54, 1.807) is 6.92 Å². The summed E-state index contributed by atoms with van der Waals surface area (Å²) in [6.45, 7) is 2.20. The van der Waals surface area contributed by atoms with Gasteiger partial charge in [0.25, 0.3) is 11.5 Å². The topological polar surface area (TPSA) is 93.8 Å². The molecule has 6 nitrogen and oxygen atoms in total. The Bertz CT molecular complexity index is 323. The standard InChI is InChI=1S/C5H8N4O2/c1-2-9-5(11)3(4(6)10)7-8-9/h8H,2H2,1H3,(H2,6,10). The van der Waals surface area contributed by atoms with Crippen LogP contribution in [0.15, 0.2) is 4.79 Å². The number of nitrogens with one attached hydrogen (secondary N) is 1. The van der Waals surface area contributed by atoms with Gasteiger partial charge in [-0.15, -0.1) is 5.10 Å². The van der Waals surface area contributed by atoms with Crippen molar-refractivity contribution in [3.05, 3.63) is 16.0 Å². The number of nitrogens with zero attached hydrogens (tertiary/aromatic N) is 2. The van der Waals surface area contributed by atoms with Crippen molar-refractivity contribution in [1.29, 1.82) is 0 Å². The Kier molecular flexibility index (Phi) is 1.75. The van der Waals surface area contributed by atoms with Crippen molar-refractivity contribution in [1.82, 2.24) is 15.0 Å². The first kappa shape index (κ1) is 7.52. The van der Waals surface area contributed by atoms with Gasteiger partial charge in [0.05, 0.1) is 0 Å².